The van der Waals surface area contributed by atoms with Crippen LogP contribution in [0, 0.1) is 15.5 Å². The molecule has 0 aromatic heterocycles. The van der Waals surface area contributed by atoms with Crippen LogP contribution >= 0.6 is 12.4 Å². The highest BCUT2D eigenvalue weighted by Crippen LogP contribution is 2.24. The number of benzene rings is 1. The summed E-state index contributed by atoms with van der Waals surface area (Å²) in [6.07, 6.45) is 2.03. The highest BCUT2D eigenvalue weighted by atomic mass is 35.5. The van der Waals surface area contributed by atoms with E-state index in [-0.39, 0.29) is 29.3 Å². The number of nitrogens with zero attached hydrogens (tertiary/aromatic N) is 1. The molecule has 1 aromatic rings. The lowest BCUT2D eigenvalue weighted by Gasteiger charge is -2.34. The topological polar surface area (TPSA) is 101 Å². The Labute approximate surface area is 142 Å². The first-order chi connectivity index (χ1) is 10.3. The van der Waals surface area contributed by atoms with Crippen LogP contribution in [0.15, 0.2) is 24.3 Å². The van der Waals surface area contributed by atoms with Gasteiger partial charge >= 0.3 is 0 Å². The molecule has 0 aliphatic carbocycles. The standard InChI is InChI=1S/C14H21N3O4S.ClH/c1-14(7-2-8-15-10-14)11-16-22(20,21)9-12-3-5-13(6-4-12)17(18)19;/h3-6,15-16H,2,7-11H2,1H3;1H. The molecule has 1 fully saturated rings. The summed E-state index contributed by atoms with van der Waals surface area (Å²) < 4.78 is 26.9. The number of sulfonamides is 1. The second kappa shape index (κ2) is 8.05. The van der Waals surface area contributed by atoms with Crippen LogP contribution in [0.3, 0.4) is 0 Å². The third kappa shape index (κ3) is 6.06. The summed E-state index contributed by atoms with van der Waals surface area (Å²) in [4.78, 5) is 10.1. The number of nitro benzene ring substituents is 1. The van der Waals surface area contributed by atoms with E-state index in [1.807, 2.05) is 0 Å². The van der Waals surface area contributed by atoms with E-state index in [1.54, 1.807) is 0 Å². The maximum atomic E-state index is 12.1. The molecule has 1 heterocycles. The van der Waals surface area contributed by atoms with Gasteiger partial charge in [0.05, 0.1) is 10.7 Å². The Bertz CT molecular complexity index is 628. The summed E-state index contributed by atoms with van der Waals surface area (Å²) in [5.74, 6) is -0.172. The molecule has 130 valence electrons. The van der Waals surface area contributed by atoms with Crippen LogP contribution in [-0.2, 0) is 15.8 Å². The summed E-state index contributed by atoms with van der Waals surface area (Å²) in [5, 5.41) is 13.9. The van der Waals surface area contributed by atoms with Crippen molar-refractivity contribution in [3.63, 3.8) is 0 Å². The van der Waals surface area contributed by atoms with Crippen LogP contribution in [-0.4, -0.2) is 33.0 Å². The molecule has 1 saturated heterocycles. The van der Waals surface area contributed by atoms with E-state index >= 15 is 0 Å². The number of halogens is 1. The number of non-ortho nitro benzene ring substituents is 1. The van der Waals surface area contributed by atoms with E-state index in [9.17, 15) is 18.5 Å². The first-order valence-electron chi connectivity index (χ1n) is 7.21. The van der Waals surface area contributed by atoms with Gasteiger partial charge in [0, 0.05) is 25.2 Å². The molecule has 1 aliphatic heterocycles. The number of rotatable bonds is 6. The largest absolute Gasteiger partial charge is 0.316 e. The van der Waals surface area contributed by atoms with Crippen molar-refractivity contribution < 1.29 is 13.3 Å². The van der Waals surface area contributed by atoms with Gasteiger partial charge in [-0.25, -0.2) is 13.1 Å². The van der Waals surface area contributed by atoms with Gasteiger partial charge in [0.15, 0.2) is 0 Å². The second-order valence-corrected chi connectivity index (χ2v) is 7.90. The Balaban J connectivity index is 0.00000264. The van der Waals surface area contributed by atoms with E-state index < -0.39 is 14.9 Å². The second-order valence-electron chi connectivity index (χ2n) is 6.09. The highest BCUT2D eigenvalue weighted by Gasteiger charge is 2.28. The number of piperidine rings is 1. The minimum atomic E-state index is -3.45. The van der Waals surface area contributed by atoms with Gasteiger partial charge in [0.2, 0.25) is 10.0 Å². The Morgan fingerprint density at radius 3 is 2.52 bits per heavy atom. The van der Waals surface area contributed by atoms with Crippen molar-refractivity contribution in [3.8, 4) is 0 Å². The van der Waals surface area contributed by atoms with E-state index in [4.69, 9.17) is 0 Å². The number of hydrogen-bond donors (Lipinski definition) is 2. The van der Waals surface area contributed by atoms with E-state index in [2.05, 4.69) is 17.0 Å². The lowest BCUT2D eigenvalue weighted by Crippen LogP contribution is -2.45. The first kappa shape index (κ1) is 19.8. The summed E-state index contributed by atoms with van der Waals surface area (Å²) in [6.45, 7) is 4.24. The average molecular weight is 364 g/mol. The Hall–Kier alpha value is -1.22. The SMILES string of the molecule is CC1(CNS(=O)(=O)Cc2ccc([N+](=O)[O-])cc2)CCCNC1.Cl. The van der Waals surface area contributed by atoms with Gasteiger partial charge in [-0.1, -0.05) is 19.1 Å². The zero-order valence-electron chi connectivity index (χ0n) is 12.9. The maximum absolute atomic E-state index is 12.1. The first-order valence-corrected chi connectivity index (χ1v) is 8.86. The lowest BCUT2D eigenvalue weighted by atomic mass is 9.83. The lowest BCUT2D eigenvalue weighted by molar-refractivity contribution is -0.384. The van der Waals surface area contributed by atoms with Gasteiger partial charge < -0.3 is 5.32 Å². The molecule has 9 heteroatoms. The maximum Gasteiger partial charge on any atom is 0.269 e. The zero-order valence-corrected chi connectivity index (χ0v) is 14.6. The predicted octanol–water partition coefficient (Wildman–Crippen LogP) is 1.83. The molecule has 2 rings (SSSR count). The Morgan fingerprint density at radius 1 is 1.35 bits per heavy atom. The van der Waals surface area contributed by atoms with Crippen LogP contribution in [0.2, 0.25) is 0 Å². The molecular formula is C14H22ClN3O4S. The molecule has 2 N–H and O–H groups in total. The minimum absolute atomic E-state index is 0. The zero-order chi connectivity index (χ0) is 16.2. The summed E-state index contributed by atoms with van der Waals surface area (Å²) in [5.41, 5.74) is 0.417. The van der Waals surface area contributed by atoms with Gasteiger partial charge in [0.1, 0.15) is 0 Å². The minimum Gasteiger partial charge on any atom is -0.316 e. The van der Waals surface area contributed by atoms with E-state index in [1.165, 1.54) is 24.3 Å². The monoisotopic (exact) mass is 363 g/mol. The van der Waals surface area contributed by atoms with Crippen LogP contribution in [0.5, 0.6) is 0 Å². The Kier molecular flexibility index (Phi) is 6.94. The van der Waals surface area contributed by atoms with Crippen molar-refractivity contribution in [2.24, 2.45) is 5.41 Å². The molecule has 1 atom stereocenters. The number of nitro groups is 1. The Morgan fingerprint density at radius 2 is 2.00 bits per heavy atom. The molecule has 0 saturated carbocycles. The van der Waals surface area contributed by atoms with Gasteiger partial charge in [-0.15, -0.1) is 12.4 Å². The van der Waals surface area contributed by atoms with Crippen molar-refractivity contribution in [3.05, 3.63) is 39.9 Å². The summed E-state index contributed by atoms with van der Waals surface area (Å²) >= 11 is 0. The van der Waals surface area contributed by atoms with E-state index in [0.29, 0.717) is 12.1 Å². The number of hydrogen-bond acceptors (Lipinski definition) is 5. The van der Waals surface area contributed by atoms with Gasteiger partial charge in [0.25, 0.3) is 5.69 Å². The molecule has 1 aliphatic rings. The molecule has 0 spiro atoms. The van der Waals surface area contributed by atoms with Crippen LogP contribution in [0.4, 0.5) is 5.69 Å². The molecule has 23 heavy (non-hydrogen) atoms. The van der Waals surface area contributed by atoms with Crippen LogP contribution in [0.25, 0.3) is 0 Å². The highest BCUT2D eigenvalue weighted by molar-refractivity contribution is 7.88. The van der Waals surface area contributed by atoms with Crippen molar-refractivity contribution in [2.45, 2.75) is 25.5 Å². The molecule has 0 amide bonds. The predicted molar refractivity (Wildman–Crippen MR) is 91.2 cm³/mol. The molecule has 1 aromatic carbocycles. The molecular weight excluding hydrogens is 342 g/mol. The summed E-state index contributed by atoms with van der Waals surface area (Å²) in [6, 6.07) is 5.58. The third-order valence-corrected chi connectivity index (χ3v) is 5.21. The molecule has 1 unspecified atom stereocenters. The van der Waals surface area contributed by atoms with Crippen molar-refractivity contribution >= 4 is 28.1 Å². The van der Waals surface area contributed by atoms with Gasteiger partial charge in [-0.05, 0) is 30.4 Å². The molecule has 7 nitrogen and oxygen atoms in total. The molecule has 0 radical (unpaired) electrons. The van der Waals surface area contributed by atoms with Gasteiger partial charge in [-0.3, -0.25) is 10.1 Å². The number of nitrogens with one attached hydrogen (secondary N) is 2. The average Bonchev–Trinajstić information content (AvgIpc) is 2.46. The van der Waals surface area contributed by atoms with Crippen LogP contribution in [0.1, 0.15) is 25.3 Å². The third-order valence-electron chi connectivity index (χ3n) is 3.91. The van der Waals surface area contributed by atoms with E-state index in [0.717, 1.165) is 25.9 Å². The normalized spacial score (nSPS) is 21.4. The fraction of sp³-hybridized carbons (Fsp3) is 0.571. The fourth-order valence-corrected chi connectivity index (χ4v) is 3.84. The van der Waals surface area contributed by atoms with Crippen molar-refractivity contribution in [2.75, 3.05) is 19.6 Å². The summed E-state index contributed by atoms with van der Waals surface area (Å²) in [7, 11) is -3.45. The van der Waals surface area contributed by atoms with Crippen molar-refractivity contribution in [1.82, 2.24) is 10.0 Å². The quantitative estimate of drug-likeness (QED) is 0.593. The molecule has 0 bridgehead atoms. The van der Waals surface area contributed by atoms with Crippen molar-refractivity contribution in [1.29, 1.82) is 0 Å². The van der Waals surface area contributed by atoms with Crippen LogP contribution < -0.4 is 10.0 Å². The fourth-order valence-electron chi connectivity index (χ4n) is 2.54. The smallest absolute Gasteiger partial charge is 0.269 e. The van der Waals surface area contributed by atoms with Gasteiger partial charge in [-0.2, -0.15) is 0 Å².